The van der Waals surface area contributed by atoms with Crippen LogP contribution in [0.3, 0.4) is 0 Å². The van der Waals surface area contributed by atoms with Crippen LogP contribution in [0.25, 0.3) is 0 Å². The predicted octanol–water partition coefficient (Wildman–Crippen LogP) is 3.87. The minimum atomic E-state index is 0.0116. The van der Waals surface area contributed by atoms with Crippen molar-refractivity contribution in [2.75, 3.05) is 0 Å². The first-order valence-corrected chi connectivity index (χ1v) is 8.02. The van der Waals surface area contributed by atoms with Gasteiger partial charge in [-0.1, -0.05) is 48.0 Å². The molecule has 0 aromatic heterocycles. The molecule has 0 saturated heterocycles. The molecule has 1 aliphatic rings. The van der Waals surface area contributed by atoms with Gasteiger partial charge in [-0.15, -0.1) is 0 Å². The first-order chi connectivity index (χ1) is 11.1. The van der Waals surface area contributed by atoms with Crippen molar-refractivity contribution in [3.63, 3.8) is 0 Å². The summed E-state index contributed by atoms with van der Waals surface area (Å²) in [6, 6.07) is 14.5. The van der Waals surface area contributed by atoms with Crippen LogP contribution < -0.4 is 5.43 Å². The van der Waals surface area contributed by atoms with E-state index in [9.17, 15) is 4.79 Å². The largest absolute Gasteiger partial charge is 0.273 e. The van der Waals surface area contributed by atoms with Gasteiger partial charge in [0.25, 0.3) is 0 Å². The fourth-order valence-corrected chi connectivity index (χ4v) is 3.19. The number of aryl methyl sites for hydroxylation is 3. The van der Waals surface area contributed by atoms with E-state index in [1.807, 2.05) is 18.2 Å². The minimum absolute atomic E-state index is 0.0116. The number of nitrogens with zero attached hydrogens (tertiary/aromatic N) is 1. The van der Waals surface area contributed by atoms with Gasteiger partial charge < -0.3 is 0 Å². The maximum atomic E-state index is 12.2. The van der Waals surface area contributed by atoms with E-state index in [4.69, 9.17) is 0 Å². The average molecular weight is 306 g/mol. The fourth-order valence-electron chi connectivity index (χ4n) is 3.19. The third-order valence-electron chi connectivity index (χ3n) is 4.46. The number of hydrogen-bond donors (Lipinski definition) is 1. The maximum absolute atomic E-state index is 12.2. The molecular formula is C20H22N2O. The molecule has 0 aliphatic heterocycles. The molecule has 1 aliphatic carbocycles. The highest BCUT2D eigenvalue weighted by Crippen LogP contribution is 2.47. The molecule has 3 heteroatoms. The zero-order valence-corrected chi connectivity index (χ0v) is 13.8. The van der Waals surface area contributed by atoms with E-state index < -0.39 is 0 Å². The minimum Gasteiger partial charge on any atom is -0.273 e. The Labute approximate surface area is 137 Å². The second kappa shape index (κ2) is 6.37. The van der Waals surface area contributed by atoms with Crippen LogP contribution in [0, 0.1) is 26.7 Å². The molecule has 1 N–H and O–H groups in total. The van der Waals surface area contributed by atoms with Crippen LogP contribution in [0.5, 0.6) is 0 Å². The summed E-state index contributed by atoms with van der Waals surface area (Å²) in [5.74, 6) is 0.404. The lowest BCUT2D eigenvalue weighted by Gasteiger charge is -2.06. The average Bonchev–Trinajstić information content (AvgIpc) is 3.31. The van der Waals surface area contributed by atoms with E-state index >= 15 is 0 Å². The van der Waals surface area contributed by atoms with Crippen LogP contribution in [0.15, 0.2) is 47.6 Å². The number of nitrogens with one attached hydrogen (secondary N) is 1. The Morgan fingerprint density at radius 2 is 1.78 bits per heavy atom. The summed E-state index contributed by atoms with van der Waals surface area (Å²) in [5, 5.41) is 4.16. The van der Waals surface area contributed by atoms with Crippen molar-refractivity contribution >= 4 is 12.1 Å². The molecule has 0 heterocycles. The van der Waals surface area contributed by atoms with E-state index in [1.165, 1.54) is 22.3 Å². The number of carbonyl (C=O) groups is 1. The monoisotopic (exact) mass is 306 g/mol. The van der Waals surface area contributed by atoms with Gasteiger partial charge in [-0.25, -0.2) is 5.43 Å². The third kappa shape index (κ3) is 3.50. The van der Waals surface area contributed by atoms with Crippen molar-refractivity contribution in [1.82, 2.24) is 5.43 Å². The van der Waals surface area contributed by atoms with Gasteiger partial charge in [0.1, 0.15) is 0 Å². The van der Waals surface area contributed by atoms with Crippen LogP contribution >= 0.6 is 0 Å². The Morgan fingerprint density at radius 1 is 1.13 bits per heavy atom. The van der Waals surface area contributed by atoms with Gasteiger partial charge in [0.05, 0.1) is 6.21 Å². The summed E-state index contributed by atoms with van der Waals surface area (Å²) in [7, 11) is 0. The molecular weight excluding hydrogens is 284 g/mol. The Morgan fingerprint density at radius 3 is 2.43 bits per heavy atom. The molecule has 2 unspecified atom stereocenters. The molecule has 1 saturated carbocycles. The third-order valence-corrected chi connectivity index (χ3v) is 4.46. The lowest BCUT2D eigenvalue weighted by Crippen LogP contribution is -2.20. The van der Waals surface area contributed by atoms with Gasteiger partial charge >= 0.3 is 0 Å². The molecule has 1 fully saturated rings. The number of benzene rings is 2. The smallest absolute Gasteiger partial charge is 0.243 e. The van der Waals surface area contributed by atoms with Crippen molar-refractivity contribution < 1.29 is 4.79 Å². The Hall–Kier alpha value is -2.42. The highest BCUT2D eigenvalue weighted by molar-refractivity contribution is 5.87. The molecule has 0 spiro atoms. The summed E-state index contributed by atoms with van der Waals surface area (Å²) < 4.78 is 0. The summed E-state index contributed by atoms with van der Waals surface area (Å²) in [6.45, 7) is 6.21. The summed E-state index contributed by atoms with van der Waals surface area (Å²) in [6.07, 6.45) is 2.66. The van der Waals surface area contributed by atoms with Gasteiger partial charge in [-0.3, -0.25) is 4.79 Å². The van der Waals surface area contributed by atoms with Gasteiger partial charge in [-0.05, 0) is 49.8 Å². The van der Waals surface area contributed by atoms with Crippen LogP contribution in [0.1, 0.15) is 40.2 Å². The molecule has 0 radical (unpaired) electrons. The highest BCUT2D eigenvalue weighted by Gasteiger charge is 2.43. The number of hydrogen-bond acceptors (Lipinski definition) is 2. The van der Waals surface area contributed by atoms with Gasteiger partial charge in [0, 0.05) is 11.5 Å². The van der Waals surface area contributed by atoms with Crippen molar-refractivity contribution in [2.24, 2.45) is 11.0 Å². The SMILES string of the molecule is Cc1cc(C)c(/C=N/NC(=O)C2CC2c2ccccc2)c(C)c1. The molecule has 0 bridgehead atoms. The summed E-state index contributed by atoms with van der Waals surface area (Å²) in [5.41, 5.74) is 8.60. The van der Waals surface area contributed by atoms with E-state index in [0.717, 1.165) is 12.0 Å². The Kier molecular flexibility index (Phi) is 4.28. The zero-order valence-electron chi connectivity index (χ0n) is 13.8. The Bertz CT molecular complexity index is 726. The fraction of sp³-hybridized carbons (Fsp3) is 0.300. The van der Waals surface area contributed by atoms with E-state index in [0.29, 0.717) is 5.92 Å². The van der Waals surface area contributed by atoms with Crippen LogP contribution in [-0.2, 0) is 4.79 Å². The van der Waals surface area contributed by atoms with Crippen molar-refractivity contribution in [2.45, 2.75) is 33.1 Å². The lowest BCUT2D eigenvalue weighted by molar-refractivity contribution is -0.122. The first kappa shape index (κ1) is 15.5. The molecule has 3 rings (SSSR count). The number of amides is 1. The van der Waals surface area contributed by atoms with E-state index in [1.54, 1.807) is 6.21 Å². The van der Waals surface area contributed by atoms with Gasteiger partial charge in [-0.2, -0.15) is 5.10 Å². The summed E-state index contributed by atoms with van der Waals surface area (Å²) >= 11 is 0. The quantitative estimate of drug-likeness (QED) is 0.676. The van der Waals surface area contributed by atoms with Crippen molar-refractivity contribution in [3.05, 3.63) is 70.3 Å². The standard InChI is InChI=1S/C20H22N2O/c1-13-9-14(2)19(15(3)10-13)12-21-22-20(23)18-11-17(18)16-7-5-4-6-8-16/h4-10,12,17-18H,11H2,1-3H3,(H,22,23)/b21-12+. The normalized spacial score (nSPS) is 19.8. The molecule has 2 aromatic rings. The molecule has 3 nitrogen and oxygen atoms in total. The first-order valence-electron chi connectivity index (χ1n) is 8.02. The van der Waals surface area contributed by atoms with Crippen molar-refractivity contribution in [3.8, 4) is 0 Å². The molecule has 23 heavy (non-hydrogen) atoms. The molecule has 118 valence electrons. The van der Waals surface area contributed by atoms with E-state index in [2.05, 4.69) is 55.6 Å². The van der Waals surface area contributed by atoms with Gasteiger partial charge in [0.15, 0.2) is 0 Å². The van der Waals surface area contributed by atoms with E-state index in [-0.39, 0.29) is 11.8 Å². The molecule has 2 aromatic carbocycles. The number of rotatable bonds is 4. The zero-order chi connectivity index (χ0) is 16.4. The number of carbonyl (C=O) groups excluding carboxylic acids is 1. The second-order valence-electron chi connectivity index (χ2n) is 6.41. The highest BCUT2D eigenvalue weighted by atomic mass is 16.2. The predicted molar refractivity (Wildman–Crippen MR) is 93.7 cm³/mol. The second-order valence-corrected chi connectivity index (χ2v) is 6.41. The Balaban J connectivity index is 1.60. The summed E-state index contributed by atoms with van der Waals surface area (Å²) in [4.78, 5) is 12.2. The molecule has 2 atom stereocenters. The van der Waals surface area contributed by atoms with Crippen molar-refractivity contribution in [1.29, 1.82) is 0 Å². The van der Waals surface area contributed by atoms with Crippen LogP contribution in [0.4, 0.5) is 0 Å². The van der Waals surface area contributed by atoms with Crippen LogP contribution in [-0.4, -0.2) is 12.1 Å². The number of hydrazone groups is 1. The topological polar surface area (TPSA) is 41.5 Å². The molecule has 1 amide bonds. The maximum Gasteiger partial charge on any atom is 0.243 e. The van der Waals surface area contributed by atoms with Crippen LogP contribution in [0.2, 0.25) is 0 Å². The lowest BCUT2D eigenvalue weighted by atomic mass is 10.0. The van der Waals surface area contributed by atoms with Gasteiger partial charge in [0.2, 0.25) is 5.91 Å².